The molecule has 0 spiro atoms. The minimum absolute atomic E-state index is 0.132. The first kappa shape index (κ1) is 14.5. The number of carbonyl (C=O) groups is 1. The van der Waals surface area contributed by atoms with Crippen molar-refractivity contribution in [2.24, 2.45) is 0 Å². The molecular weight excluding hydrogens is 256 g/mol. The van der Waals surface area contributed by atoms with Crippen molar-refractivity contribution in [3.05, 3.63) is 23.5 Å². The second-order valence-electron chi connectivity index (χ2n) is 4.73. The molecule has 1 atom stereocenters. The van der Waals surface area contributed by atoms with Crippen molar-refractivity contribution in [1.29, 1.82) is 0 Å². The van der Waals surface area contributed by atoms with E-state index in [-0.39, 0.29) is 11.9 Å². The molecule has 0 aromatic carbocycles. The van der Waals surface area contributed by atoms with E-state index in [0.29, 0.717) is 17.8 Å². The van der Waals surface area contributed by atoms with Gasteiger partial charge >= 0.3 is 0 Å². The van der Waals surface area contributed by atoms with E-state index in [1.807, 2.05) is 20.8 Å². The van der Waals surface area contributed by atoms with Gasteiger partial charge in [0.2, 0.25) is 0 Å². The maximum atomic E-state index is 12.1. The SMILES string of the molecule is CCN[C@H](C)CNC(=O)c1cnc2onc(CC)c2c1. The van der Waals surface area contributed by atoms with Gasteiger partial charge in [-0.25, -0.2) is 4.98 Å². The Balaban J connectivity index is 2.10. The molecule has 0 aliphatic carbocycles. The van der Waals surface area contributed by atoms with Crippen molar-refractivity contribution in [2.75, 3.05) is 13.1 Å². The number of amides is 1. The quantitative estimate of drug-likeness (QED) is 0.836. The summed E-state index contributed by atoms with van der Waals surface area (Å²) in [6.45, 7) is 7.51. The summed E-state index contributed by atoms with van der Waals surface area (Å²) in [5.74, 6) is -0.132. The number of aromatic nitrogens is 2. The van der Waals surface area contributed by atoms with E-state index >= 15 is 0 Å². The Labute approximate surface area is 117 Å². The summed E-state index contributed by atoms with van der Waals surface area (Å²) < 4.78 is 5.10. The van der Waals surface area contributed by atoms with Crippen molar-refractivity contribution in [2.45, 2.75) is 33.2 Å². The Kier molecular flexibility index (Phi) is 4.68. The highest BCUT2D eigenvalue weighted by Crippen LogP contribution is 2.18. The van der Waals surface area contributed by atoms with Gasteiger partial charge in [0, 0.05) is 18.8 Å². The Morgan fingerprint density at radius 1 is 1.45 bits per heavy atom. The summed E-state index contributed by atoms with van der Waals surface area (Å²) in [4.78, 5) is 16.2. The fourth-order valence-electron chi connectivity index (χ4n) is 2.03. The highest BCUT2D eigenvalue weighted by Gasteiger charge is 2.13. The monoisotopic (exact) mass is 276 g/mol. The second kappa shape index (κ2) is 6.47. The number of hydrogen-bond acceptors (Lipinski definition) is 5. The van der Waals surface area contributed by atoms with Crippen LogP contribution in [0, 0.1) is 0 Å². The third-order valence-electron chi connectivity index (χ3n) is 3.12. The van der Waals surface area contributed by atoms with Crippen LogP contribution in [-0.4, -0.2) is 35.2 Å². The summed E-state index contributed by atoms with van der Waals surface area (Å²) in [6.07, 6.45) is 2.26. The normalized spacial score (nSPS) is 12.6. The third-order valence-corrected chi connectivity index (χ3v) is 3.12. The Morgan fingerprint density at radius 3 is 2.95 bits per heavy atom. The van der Waals surface area contributed by atoms with Crippen LogP contribution in [0.3, 0.4) is 0 Å². The first-order chi connectivity index (χ1) is 9.65. The number of aryl methyl sites for hydroxylation is 1. The molecule has 0 unspecified atom stereocenters. The largest absolute Gasteiger partial charge is 0.350 e. The van der Waals surface area contributed by atoms with Crippen LogP contribution in [0.5, 0.6) is 0 Å². The molecular formula is C14H20N4O2. The van der Waals surface area contributed by atoms with Crippen LogP contribution in [0.4, 0.5) is 0 Å². The summed E-state index contributed by atoms with van der Waals surface area (Å²) in [6, 6.07) is 2.02. The van der Waals surface area contributed by atoms with E-state index in [4.69, 9.17) is 4.52 Å². The number of nitrogens with zero attached hydrogens (tertiary/aromatic N) is 2. The molecule has 1 amide bonds. The van der Waals surface area contributed by atoms with Crippen molar-refractivity contribution in [1.82, 2.24) is 20.8 Å². The maximum Gasteiger partial charge on any atom is 0.257 e. The molecule has 0 radical (unpaired) electrons. The lowest BCUT2D eigenvalue weighted by molar-refractivity contribution is 0.0950. The molecule has 108 valence electrons. The summed E-state index contributed by atoms with van der Waals surface area (Å²) in [5, 5.41) is 10.9. The van der Waals surface area contributed by atoms with Crippen LogP contribution in [0.25, 0.3) is 11.1 Å². The first-order valence-electron chi connectivity index (χ1n) is 6.91. The maximum absolute atomic E-state index is 12.1. The van der Waals surface area contributed by atoms with E-state index in [1.165, 1.54) is 6.20 Å². The van der Waals surface area contributed by atoms with Gasteiger partial charge in [-0.3, -0.25) is 4.79 Å². The zero-order valence-electron chi connectivity index (χ0n) is 12.1. The number of rotatable bonds is 6. The fourth-order valence-corrected chi connectivity index (χ4v) is 2.03. The van der Waals surface area contributed by atoms with Crippen molar-refractivity contribution >= 4 is 17.0 Å². The van der Waals surface area contributed by atoms with Gasteiger partial charge in [0.25, 0.3) is 11.6 Å². The van der Waals surface area contributed by atoms with E-state index in [1.54, 1.807) is 6.07 Å². The van der Waals surface area contributed by atoms with Crippen LogP contribution < -0.4 is 10.6 Å². The van der Waals surface area contributed by atoms with Crippen molar-refractivity contribution in [3.8, 4) is 0 Å². The van der Waals surface area contributed by atoms with Gasteiger partial charge in [-0.2, -0.15) is 0 Å². The van der Waals surface area contributed by atoms with Crippen molar-refractivity contribution in [3.63, 3.8) is 0 Å². The van der Waals surface area contributed by atoms with Crippen LogP contribution in [-0.2, 0) is 6.42 Å². The fraction of sp³-hybridized carbons (Fsp3) is 0.500. The highest BCUT2D eigenvalue weighted by molar-refractivity contribution is 5.97. The molecule has 2 N–H and O–H groups in total. The van der Waals surface area contributed by atoms with Gasteiger partial charge in [-0.05, 0) is 26.0 Å². The van der Waals surface area contributed by atoms with E-state index in [9.17, 15) is 4.79 Å². The van der Waals surface area contributed by atoms with Gasteiger partial charge in [0.1, 0.15) is 0 Å². The number of carbonyl (C=O) groups excluding carboxylic acids is 1. The predicted molar refractivity (Wildman–Crippen MR) is 76.7 cm³/mol. The molecule has 0 saturated carbocycles. The van der Waals surface area contributed by atoms with Gasteiger partial charge in [-0.15, -0.1) is 0 Å². The molecule has 6 nitrogen and oxygen atoms in total. The Bertz CT molecular complexity index is 594. The van der Waals surface area contributed by atoms with Crippen LogP contribution in [0.1, 0.15) is 36.8 Å². The smallest absolute Gasteiger partial charge is 0.257 e. The minimum atomic E-state index is -0.132. The van der Waals surface area contributed by atoms with Gasteiger partial charge in [-0.1, -0.05) is 19.0 Å². The summed E-state index contributed by atoms with van der Waals surface area (Å²) in [7, 11) is 0. The van der Waals surface area contributed by atoms with Gasteiger partial charge in [0.15, 0.2) is 0 Å². The lowest BCUT2D eigenvalue weighted by Crippen LogP contribution is -2.38. The zero-order chi connectivity index (χ0) is 14.5. The second-order valence-corrected chi connectivity index (χ2v) is 4.73. The van der Waals surface area contributed by atoms with Crippen LogP contribution >= 0.6 is 0 Å². The van der Waals surface area contributed by atoms with E-state index in [2.05, 4.69) is 20.8 Å². The van der Waals surface area contributed by atoms with Crippen LogP contribution in [0.15, 0.2) is 16.8 Å². The van der Waals surface area contributed by atoms with E-state index < -0.39 is 0 Å². The number of fused-ring (bicyclic) bond motifs is 1. The standard InChI is InChI=1S/C14H20N4O2/c1-4-12-11-6-10(8-17-14(11)20-18-12)13(19)16-7-9(3)15-5-2/h6,8-9,15H,4-5,7H2,1-3H3,(H,16,19)/t9-/m1/s1. The molecule has 20 heavy (non-hydrogen) atoms. The molecule has 0 fully saturated rings. The molecule has 0 saturated heterocycles. The number of pyridine rings is 1. The lowest BCUT2D eigenvalue weighted by atomic mass is 10.1. The summed E-state index contributed by atoms with van der Waals surface area (Å²) >= 11 is 0. The highest BCUT2D eigenvalue weighted by atomic mass is 16.5. The lowest BCUT2D eigenvalue weighted by Gasteiger charge is -2.13. The van der Waals surface area contributed by atoms with Gasteiger partial charge < -0.3 is 15.2 Å². The average Bonchev–Trinajstić information content (AvgIpc) is 2.87. The van der Waals surface area contributed by atoms with Crippen molar-refractivity contribution < 1.29 is 9.32 Å². The zero-order valence-corrected chi connectivity index (χ0v) is 12.1. The topological polar surface area (TPSA) is 80.0 Å². The molecule has 6 heteroatoms. The molecule has 0 bridgehead atoms. The first-order valence-corrected chi connectivity index (χ1v) is 6.91. The third kappa shape index (κ3) is 3.14. The molecule has 2 heterocycles. The Morgan fingerprint density at radius 2 is 2.25 bits per heavy atom. The number of hydrogen-bond donors (Lipinski definition) is 2. The Hall–Kier alpha value is -1.95. The minimum Gasteiger partial charge on any atom is -0.350 e. The van der Waals surface area contributed by atoms with Gasteiger partial charge in [0.05, 0.1) is 16.6 Å². The molecule has 2 rings (SSSR count). The van der Waals surface area contributed by atoms with E-state index in [0.717, 1.165) is 24.0 Å². The summed E-state index contributed by atoms with van der Waals surface area (Å²) in [5.41, 5.74) is 1.82. The number of nitrogens with one attached hydrogen (secondary N) is 2. The molecule has 2 aromatic heterocycles. The molecule has 0 aliphatic rings. The number of likely N-dealkylation sites (N-methyl/N-ethyl adjacent to an activating group) is 1. The van der Waals surface area contributed by atoms with Crippen LogP contribution in [0.2, 0.25) is 0 Å². The molecule has 2 aromatic rings. The predicted octanol–water partition coefficient (Wildman–Crippen LogP) is 1.51. The molecule has 0 aliphatic heterocycles. The average molecular weight is 276 g/mol.